The fraction of sp³-hybridized carbons (Fsp3) is 0.0476. The molecule has 0 amide bonds. The number of halogens is 1. The largest absolute Gasteiger partial charge is 0.365 e. The van der Waals surface area contributed by atoms with Gasteiger partial charge in [-0.05, 0) is 29.8 Å². The highest BCUT2D eigenvalue weighted by Crippen LogP contribution is 2.25. The Bertz CT molecular complexity index is 998. The van der Waals surface area contributed by atoms with E-state index >= 15 is 0 Å². The van der Waals surface area contributed by atoms with Gasteiger partial charge < -0.3 is 5.32 Å². The van der Waals surface area contributed by atoms with Gasteiger partial charge in [-0.3, -0.25) is 0 Å². The van der Waals surface area contributed by atoms with Crippen LogP contribution < -0.4 is 5.32 Å². The third kappa shape index (κ3) is 3.54. The lowest BCUT2D eigenvalue weighted by atomic mass is 10.1. The molecule has 0 fully saturated rings. The molecule has 0 spiro atoms. The molecule has 4 rings (SSSR count). The topological polar surface area (TPSA) is 37.8 Å². The molecular formula is C21H16BrN3. The number of para-hydroxylation sites is 1. The van der Waals surface area contributed by atoms with Crippen molar-refractivity contribution in [2.45, 2.75) is 6.54 Å². The summed E-state index contributed by atoms with van der Waals surface area (Å²) in [4.78, 5) is 9.49. The van der Waals surface area contributed by atoms with Crippen molar-refractivity contribution in [3.63, 3.8) is 0 Å². The van der Waals surface area contributed by atoms with Gasteiger partial charge in [0, 0.05) is 22.0 Å². The number of rotatable bonds is 4. The molecule has 0 aliphatic rings. The Morgan fingerprint density at radius 3 is 2.28 bits per heavy atom. The van der Waals surface area contributed by atoms with Crippen LogP contribution in [0.3, 0.4) is 0 Å². The van der Waals surface area contributed by atoms with Crippen molar-refractivity contribution in [2.75, 3.05) is 5.32 Å². The first kappa shape index (κ1) is 15.8. The zero-order valence-electron chi connectivity index (χ0n) is 13.5. The summed E-state index contributed by atoms with van der Waals surface area (Å²) >= 11 is 3.47. The van der Waals surface area contributed by atoms with Gasteiger partial charge in [0.25, 0.3) is 0 Å². The Balaban J connectivity index is 1.72. The number of hydrogen-bond donors (Lipinski definition) is 1. The summed E-state index contributed by atoms with van der Waals surface area (Å²) in [6.07, 6.45) is 0. The van der Waals surface area contributed by atoms with E-state index in [9.17, 15) is 0 Å². The second kappa shape index (κ2) is 7.03. The van der Waals surface area contributed by atoms with Crippen LogP contribution in [-0.2, 0) is 6.54 Å². The van der Waals surface area contributed by atoms with E-state index in [-0.39, 0.29) is 0 Å². The van der Waals surface area contributed by atoms with Crippen LogP contribution in [0.1, 0.15) is 5.56 Å². The number of benzene rings is 3. The number of anilines is 1. The van der Waals surface area contributed by atoms with Crippen molar-refractivity contribution < 1.29 is 0 Å². The predicted octanol–water partition coefficient (Wildman–Crippen LogP) is 5.67. The normalized spacial score (nSPS) is 10.8. The van der Waals surface area contributed by atoms with Crippen molar-refractivity contribution in [1.82, 2.24) is 9.97 Å². The minimum absolute atomic E-state index is 0.711. The van der Waals surface area contributed by atoms with Gasteiger partial charge in [-0.1, -0.05) is 70.5 Å². The maximum absolute atomic E-state index is 4.77. The quantitative estimate of drug-likeness (QED) is 0.488. The standard InChI is InChI=1S/C21H16BrN3/c22-17-12-10-15(11-13-17)14-23-21-18-8-4-5-9-19(18)24-20(25-21)16-6-2-1-3-7-16/h1-13H,14H2,(H,23,24,25). The highest BCUT2D eigenvalue weighted by Gasteiger charge is 2.09. The minimum Gasteiger partial charge on any atom is -0.365 e. The van der Waals surface area contributed by atoms with Gasteiger partial charge in [0.2, 0.25) is 0 Å². The van der Waals surface area contributed by atoms with E-state index in [2.05, 4.69) is 33.4 Å². The Morgan fingerprint density at radius 2 is 1.48 bits per heavy atom. The molecule has 3 nitrogen and oxygen atoms in total. The summed E-state index contributed by atoms with van der Waals surface area (Å²) in [7, 11) is 0. The van der Waals surface area contributed by atoms with Gasteiger partial charge in [0.05, 0.1) is 5.52 Å². The van der Waals surface area contributed by atoms with E-state index in [4.69, 9.17) is 9.97 Å². The Hall–Kier alpha value is -2.72. The molecule has 1 heterocycles. The van der Waals surface area contributed by atoms with Crippen LogP contribution >= 0.6 is 15.9 Å². The zero-order valence-corrected chi connectivity index (χ0v) is 15.1. The van der Waals surface area contributed by atoms with Gasteiger partial charge in [-0.25, -0.2) is 9.97 Å². The van der Waals surface area contributed by atoms with E-state index in [0.717, 1.165) is 32.6 Å². The molecule has 0 saturated heterocycles. The molecule has 0 saturated carbocycles. The average molecular weight is 390 g/mol. The SMILES string of the molecule is Brc1ccc(CNc2nc(-c3ccccc3)nc3ccccc23)cc1. The lowest BCUT2D eigenvalue weighted by molar-refractivity contribution is 1.10. The van der Waals surface area contributed by atoms with E-state index in [1.807, 2.05) is 66.7 Å². The molecule has 0 radical (unpaired) electrons. The zero-order chi connectivity index (χ0) is 17.1. The molecule has 0 atom stereocenters. The molecule has 0 unspecified atom stereocenters. The Labute approximate surface area is 154 Å². The predicted molar refractivity (Wildman–Crippen MR) is 106 cm³/mol. The molecular weight excluding hydrogens is 374 g/mol. The van der Waals surface area contributed by atoms with Crippen molar-refractivity contribution in [3.05, 3.63) is 88.9 Å². The monoisotopic (exact) mass is 389 g/mol. The van der Waals surface area contributed by atoms with Crippen molar-refractivity contribution >= 4 is 32.7 Å². The summed E-state index contributed by atoms with van der Waals surface area (Å²) < 4.78 is 1.08. The van der Waals surface area contributed by atoms with E-state index in [1.165, 1.54) is 5.56 Å². The molecule has 0 aliphatic carbocycles. The lowest BCUT2D eigenvalue weighted by Gasteiger charge is -2.11. The van der Waals surface area contributed by atoms with Crippen LogP contribution in [0.5, 0.6) is 0 Å². The van der Waals surface area contributed by atoms with E-state index in [1.54, 1.807) is 0 Å². The van der Waals surface area contributed by atoms with Crippen LogP contribution in [0.25, 0.3) is 22.3 Å². The van der Waals surface area contributed by atoms with Crippen molar-refractivity contribution in [2.24, 2.45) is 0 Å². The Morgan fingerprint density at radius 1 is 0.760 bits per heavy atom. The summed E-state index contributed by atoms with van der Waals surface area (Å²) in [6.45, 7) is 0.711. The number of fused-ring (bicyclic) bond motifs is 1. The first-order valence-corrected chi connectivity index (χ1v) is 8.89. The van der Waals surface area contributed by atoms with Crippen LogP contribution in [0.4, 0.5) is 5.82 Å². The maximum Gasteiger partial charge on any atom is 0.162 e. The number of nitrogens with zero attached hydrogens (tertiary/aromatic N) is 2. The smallest absolute Gasteiger partial charge is 0.162 e. The fourth-order valence-corrected chi connectivity index (χ4v) is 2.98. The van der Waals surface area contributed by atoms with Crippen LogP contribution in [0.15, 0.2) is 83.3 Å². The van der Waals surface area contributed by atoms with Crippen LogP contribution in [0.2, 0.25) is 0 Å². The minimum atomic E-state index is 0.711. The van der Waals surface area contributed by atoms with Gasteiger partial charge in [0.15, 0.2) is 5.82 Å². The molecule has 0 bridgehead atoms. The summed E-state index contributed by atoms with van der Waals surface area (Å²) in [6, 6.07) is 26.4. The summed E-state index contributed by atoms with van der Waals surface area (Å²) in [5.41, 5.74) is 3.15. The molecule has 4 heteroatoms. The Kier molecular flexibility index (Phi) is 4.44. The van der Waals surface area contributed by atoms with E-state index in [0.29, 0.717) is 6.54 Å². The molecule has 4 aromatic rings. The van der Waals surface area contributed by atoms with Gasteiger partial charge in [0.1, 0.15) is 5.82 Å². The van der Waals surface area contributed by atoms with Gasteiger partial charge in [-0.15, -0.1) is 0 Å². The first-order chi connectivity index (χ1) is 12.3. The number of nitrogens with one attached hydrogen (secondary N) is 1. The summed E-state index contributed by atoms with van der Waals surface area (Å²) in [5.74, 6) is 1.59. The highest BCUT2D eigenvalue weighted by atomic mass is 79.9. The van der Waals surface area contributed by atoms with Gasteiger partial charge in [-0.2, -0.15) is 0 Å². The molecule has 122 valence electrons. The van der Waals surface area contributed by atoms with Gasteiger partial charge >= 0.3 is 0 Å². The van der Waals surface area contributed by atoms with Crippen LogP contribution in [0, 0.1) is 0 Å². The number of hydrogen-bond acceptors (Lipinski definition) is 3. The van der Waals surface area contributed by atoms with Crippen LogP contribution in [-0.4, -0.2) is 9.97 Å². The van der Waals surface area contributed by atoms with E-state index < -0.39 is 0 Å². The third-order valence-electron chi connectivity index (χ3n) is 4.01. The molecule has 25 heavy (non-hydrogen) atoms. The highest BCUT2D eigenvalue weighted by molar-refractivity contribution is 9.10. The molecule has 1 N–H and O–H groups in total. The average Bonchev–Trinajstić information content (AvgIpc) is 2.68. The second-order valence-electron chi connectivity index (χ2n) is 5.76. The molecule has 1 aromatic heterocycles. The lowest BCUT2D eigenvalue weighted by Crippen LogP contribution is -2.04. The van der Waals surface area contributed by atoms with Crippen molar-refractivity contribution in [3.8, 4) is 11.4 Å². The third-order valence-corrected chi connectivity index (χ3v) is 4.54. The molecule has 3 aromatic carbocycles. The van der Waals surface area contributed by atoms with Crippen molar-refractivity contribution in [1.29, 1.82) is 0 Å². The molecule has 0 aliphatic heterocycles. The number of aromatic nitrogens is 2. The maximum atomic E-state index is 4.77. The second-order valence-corrected chi connectivity index (χ2v) is 6.67. The summed E-state index contributed by atoms with van der Waals surface area (Å²) in [5, 5.41) is 4.49. The first-order valence-electron chi connectivity index (χ1n) is 8.10. The fourth-order valence-electron chi connectivity index (χ4n) is 2.72.